The molecule has 0 radical (unpaired) electrons. The smallest absolute Gasteiger partial charge is 0.261 e. The molecule has 1 aromatic heterocycles. The largest absolute Gasteiger partial charge is 0.328 e. The maximum absolute atomic E-state index is 12.8. The Bertz CT molecular complexity index is 1280. The van der Waals surface area contributed by atoms with Crippen molar-refractivity contribution in [3.63, 3.8) is 0 Å². The molecule has 5 nitrogen and oxygen atoms in total. The normalized spacial score (nSPS) is 11.7. The van der Waals surface area contributed by atoms with Crippen LogP contribution in [0.2, 0.25) is 5.02 Å². The average molecular weight is 440 g/mol. The first-order valence-electron chi connectivity index (χ1n) is 9.78. The Labute approximate surface area is 181 Å². The minimum atomic E-state index is -3.70. The summed E-state index contributed by atoms with van der Waals surface area (Å²) in [5.74, 6) is 0.995. The van der Waals surface area contributed by atoms with Gasteiger partial charge in [0.15, 0.2) is 0 Å². The van der Waals surface area contributed by atoms with E-state index in [1.165, 1.54) is 12.1 Å². The van der Waals surface area contributed by atoms with Gasteiger partial charge in [-0.25, -0.2) is 13.4 Å². The average Bonchev–Trinajstić information content (AvgIpc) is 3.10. The molecule has 1 heterocycles. The Morgan fingerprint density at radius 2 is 1.63 bits per heavy atom. The maximum atomic E-state index is 12.8. The summed E-state index contributed by atoms with van der Waals surface area (Å²) in [5, 5.41) is 0.494. The van der Waals surface area contributed by atoms with Gasteiger partial charge in [0.25, 0.3) is 10.0 Å². The molecule has 154 valence electrons. The van der Waals surface area contributed by atoms with E-state index in [0.29, 0.717) is 23.6 Å². The highest BCUT2D eigenvalue weighted by molar-refractivity contribution is 7.92. The molecular formula is C23H22ClN3O2S. The highest BCUT2D eigenvalue weighted by atomic mass is 35.5. The van der Waals surface area contributed by atoms with Crippen LogP contribution in [0, 0.1) is 0 Å². The highest BCUT2D eigenvalue weighted by Crippen LogP contribution is 2.23. The van der Waals surface area contributed by atoms with Crippen LogP contribution in [0.15, 0.2) is 77.7 Å². The van der Waals surface area contributed by atoms with Crippen LogP contribution in [0.4, 0.5) is 5.69 Å². The van der Waals surface area contributed by atoms with Crippen LogP contribution in [0.25, 0.3) is 11.0 Å². The lowest BCUT2D eigenvalue weighted by Crippen LogP contribution is -2.14. The number of aryl methyl sites for hydroxylation is 3. The second-order valence-electron chi connectivity index (χ2n) is 6.98. The number of sulfonamides is 1. The van der Waals surface area contributed by atoms with Crippen LogP contribution in [-0.4, -0.2) is 18.0 Å². The molecule has 0 atom stereocenters. The standard InChI is InChI=1S/C23H22ClN3O2S/c1-2-27-22-10-6-5-9-21(22)25-23(27)16-11-17-7-3-4-8-20(17)26-30(28,29)19-14-12-18(24)13-15-19/h3-10,12-15,26H,2,11,16H2,1H3. The summed E-state index contributed by atoms with van der Waals surface area (Å²) in [6, 6.07) is 21.7. The van der Waals surface area contributed by atoms with Crippen molar-refractivity contribution in [3.05, 3.63) is 89.2 Å². The second-order valence-corrected chi connectivity index (χ2v) is 9.10. The Kier molecular flexibility index (Phi) is 5.79. The van der Waals surface area contributed by atoms with Crippen LogP contribution >= 0.6 is 11.6 Å². The molecule has 7 heteroatoms. The van der Waals surface area contributed by atoms with Crippen LogP contribution < -0.4 is 4.72 Å². The Morgan fingerprint density at radius 1 is 0.933 bits per heavy atom. The van der Waals surface area contributed by atoms with Gasteiger partial charge < -0.3 is 4.57 Å². The Hall–Kier alpha value is -2.83. The summed E-state index contributed by atoms with van der Waals surface area (Å²) in [7, 11) is -3.70. The zero-order valence-corrected chi connectivity index (χ0v) is 18.1. The second kappa shape index (κ2) is 8.50. The quantitative estimate of drug-likeness (QED) is 0.425. The van der Waals surface area contributed by atoms with E-state index in [4.69, 9.17) is 16.6 Å². The van der Waals surface area contributed by atoms with Gasteiger partial charge in [0, 0.05) is 18.0 Å². The van der Waals surface area contributed by atoms with E-state index in [9.17, 15) is 8.42 Å². The molecule has 4 rings (SSSR count). The maximum Gasteiger partial charge on any atom is 0.261 e. The number of para-hydroxylation sites is 3. The molecule has 0 bridgehead atoms. The summed E-state index contributed by atoms with van der Waals surface area (Å²) in [4.78, 5) is 4.95. The summed E-state index contributed by atoms with van der Waals surface area (Å²) in [6.07, 6.45) is 1.38. The fraction of sp³-hybridized carbons (Fsp3) is 0.174. The zero-order valence-electron chi connectivity index (χ0n) is 16.5. The number of hydrogen-bond donors (Lipinski definition) is 1. The van der Waals surface area contributed by atoms with Gasteiger partial charge in [-0.2, -0.15) is 0 Å². The third-order valence-corrected chi connectivity index (χ3v) is 6.69. The molecular weight excluding hydrogens is 418 g/mol. The van der Waals surface area contributed by atoms with Crippen molar-refractivity contribution in [1.29, 1.82) is 0 Å². The monoisotopic (exact) mass is 439 g/mol. The molecule has 0 aliphatic heterocycles. The van der Waals surface area contributed by atoms with Crippen molar-refractivity contribution < 1.29 is 8.42 Å². The Balaban J connectivity index is 1.58. The van der Waals surface area contributed by atoms with E-state index in [-0.39, 0.29) is 4.90 Å². The number of rotatable bonds is 7. The minimum Gasteiger partial charge on any atom is -0.328 e. The van der Waals surface area contributed by atoms with Crippen LogP contribution in [0.3, 0.4) is 0 Å². The molecule has 0 aliphatic carbocycles. The number of fused-ring (bicyclic) bond motifs is 1. The lowest BCUT2D eigenvalue weighted by molar-refractivity contribution is 0.601. The highest BCUT2D eigenvalue weighted by Gasteiger charge is 2.16. The molecule has 0 amide bonds. The van der Waals surface area contributed by atoms with Gasteiger partial charge in [-0.1, -0.05) is 41.9 Å². The van der Waals surface area contributed by atoms with Crippen LogP contribution in [0.1, 0.15) is 18.3 Å². The fourth-order valence-electron chi connectivity index (χ4n) is 3.57. The van der Waals surface area contributed by atoms with E-state index >= 15 is 0 Å². The van der Waals surface area contributed by atoms with Gasteiger partial charge in [0.1, 0.15) is 5.82 Å². The van der Waals surface area contributed by atoms with Gasteiger partial charge in [-0.15, -0.1) is 0 Å². The zero-order chi connectivity index (χ0) is 21.1. The molecule has 0 saturated heterocycles. The fourth-order valence-corrected chi connectivity index (χ4v) is 4.80. The van der Waals surface area contributed by atoms with Gasteiger partial charge in [-0.3, -0.25) is 4.72 Å². The third-order valence-electron chi connectivity index (χ3n) is 5.05. The number of nitrogens with zero attached hydrogens (tertiary/aromatic N) is 2. The molecule has 0 saturated carbocycles. The number of aromatic nitrogens is 2. The van der Waals surface area contributed by atoms with Crippen molar-refractivity contribution >= 4 is 38.3 Å². The predicted molar refractivity (Wildman–Crippen MR) is 122 cm³/mol. The van der Waals surface area contributed by atoms with Crippen LogP contribution in [0.5, 0.6) is 0 Å². The van der Waals surface area contributed by atoms with Crippen molar-refractivity contribution in [2.24, 2.45) is 0 Å². The molecule has 4 aromatic rings. The topological polar surface area (TPSA) is 64.0 Å². The van der Waals surface area contributed by atoms with Crippen LogP contribution in [-0.2, 0) is 29.4 Å². The molecule has 0 aliphatic rings. The Morgan fingerprint density at radius 3 is 2.40 bits per heavy atom. The van der Waals surface area contributed by atoms with Crippen molar-refractivity contribution in [2.45, 2.75) is 31.2 Å². The summed E-state index contributed by atoms with van der Waals surface area (Å²) >= 11 is 5.88. The van der Waals surface area contributed by atoms with E-state index < -0.39 is 10.0 Å². The van der Waals surface area contributed by atoms with E-state index in [1.54, 1.807) is 18.2 Å². The number of anilines is 1. The first kappa shape index (κ1) is 20.4. The molecule has 0 spiro atoms. The van der Waals surface area contributed by atoms with E-state index in [1.807, 2.05) is 36.4 Å². The third kappa shape index (κ3) is 4.20. The number of hydrogen-bond acceptors (Lipinski definition) is 3. The van der Waals surface area contributed by atoms with Gasteiger partial charge in [0.05, 0.1) is 21.6 Å². The van der Waals surface area contributed by atoms with Crippen molar-refractivity contribution in [1.82, 2.24) is 9.55 Å². The molecule has 1 N–H and O–H groups in total. The summed E-state index contributed by atoms with van der Waals surface area (Å²) < 4.78 is 30.5. The molecule has 30 heavy (non-hydrogen) atoms. The molecule has 3 aromatic carbocycles. The van der Waals surface area contributed by atoms with Crippen molar-refractivity contribution in [3.8, 4) is 0 Å². The van der Waals surface area contributed by atoms with Gasteiger partial charge in [0.2, 0.25) is 0 Å². The first-order chi connectivity index (χ1) is 14.5. The SMILES string of the molecule is CCn1c(CCc2ccccc2NS(=O)(=O)c2ccc(Cl)cc2)nc2ccccc21. The first-order valence-corrected chi connectivity index (χ1v) is 11.6. The van der Waals surface area contributed by atoms with Gasteiger partial charge >= 0.3 is 0 Å². The lowest BCUT2D eigenvalue weighted by Gasteiger charge is -2.13. The predicted octanol–water partition coefficient (Wildman–Crippen LogP) is 5.30. The van der Waals surface area contributed by atoms with Crippen molar-refractivity contribution in [2.75, 3.05) is 4.72 Å². The van der Waals surface area contributed by atoms with E-state index in [2.05, 4.69) is 22.3 Å². The van der Waals surface area contributed by atoms with E-state index in [0.717, 1.165) is 29.0 Å². The lowest BCUT2D eigenvalue weighted by atomic mass is 10.1. The minimum absolute atomic E-state index is 0.175. The number of halogens is 1. The number of imidazole rings is 1. The summed E-state index contributed by atoms with van der Waals surface area (Å²) in [6.45, 7) is 2.94. The van der Waals surface area contributed by atoms with Gasteiger partial charge in [-0.05, 0) is 61.4 Å². The molecule has 0 unspecified atom stereocenters. The number of nitrogens with one attached hydrogen (secondary N) is 1. The number of benzene rings is 3. The molecule has 0 fully saturated rings. The summed E-state index contributed by atoms with van der Waals surface area (Å²) in [5.41, 5.74) is 3.59.